The van der Waals surface area contributed by atoms with Crippen LogP contribution in [0.15, 0.2) is 51.7 Å². The summed E-state index contributed by atoms with van der Waals surface area (Å²) in [6.45, 7) is 0. The number of benzene rings is 2. The van der Waals surface area contributed by atoms with E-state index in [1.807, 2.05) is 0 Å². The average molecular weight is 286 g/mol. The van der Waals surface area contributed by atoms with Crippen molar-refractivity contribution >= 4 is 22.7 Å². The monoisotopic (exact) mass is 286 g/mol. The van der Waals surface area contributed by atoms with E-state index in [0.717, 1.165) is 0 Å². The number of nitrogens with one attached hydrogen (secondary N) is 2. The van der Waals surface area contributed by atoms with Gasteiger partial charge in [0.2, 0.25) is 5.91 Å². The van der Waals surface area contributed by atoms with Gasteiger partial charge in [-0.3, -0.25) is 9.78 Å². The Morgan fingerprint density at radius 1 is 1.19 bits per heavy atom. The molecule has 1 aromatic heterocycles. The zero-order valence-corrected chi connectivity index (χ0v) is 10.9. The first-order valence-electron chi connectivity index (χ1n) is 6.28. The fourth-order valence-corrected chi connectivity index (χ4v) is 2.06. The zero-order chi connectivity index (χ0) is 14.8. The number of para-hydroxylation sites is 1. The lowest BCUT2D eigenvalue weighted by Crippen LogP contribution is -2.14. The summed E-state index contributed by atoms with van der Waals surface area (Å²) in [6, 6.07) is 10.7. The first-order valence-corrected chi connectivity index (χ1v) is 6.28. The summed E-state index contributed by atoms with van der Waals surface area (Å²) in [6.07, 6.45) is 0.110. The highest BCUT2D eigenvalue weighted by molar-refractivity contribution is 5.99. The van der Waals surface area contributed by atoms with E-state index >= 15 is 0 Å². The summed E-state index contributed by atoms with van der Waals surface area (Å²) in [7, 11) is 0. The van der Waals surface area contributed by atoms with Crippen molar-refractivity contribution in [1.82, 2.24) is 4.98 Å². The van der Waals surface area contributed by atoms with E-state index in [9.17, 15) is 14.0 Å². The second-order valence-electron chi connectivity index (χ2n) is 4.54. The van der Waals surface area contributed by atoms with Crippen LogP contribution in [0.4, 0.5) is 10.1 Å². The first-order chi connectivity index (χ1) is 10.1. The molecule has 5 nitrogen and oxygen atoms in total. The van der Waals surface area contributed by atoms with Gasteiger partial charge in [-0.1, -0.05) is 18.2 Å². The van der Waals surface area contributed by atoms with Gasteiger partial charge in [-0.05, 0) is 29.8 Å². The normalized spacial score (nSPS) is 10.7. The van der Waals surface area contributed by atoms with E-state index in [0.29, 0.717) is 22.4 Å². The number of hydrogen-bond acceptors (Lipinski definition) is 3. The van der Waals surface area contributed by atoms with Crippen LogP contribution in [0.5, 0.6) is 0 Å². The molecule has 0 bridgehead atoms. The second kappa shape index (κ2) is 5.24. The minimum Gasteiger partial charge on any atom is -0.408 e. The van der Waals surface area contributed by atoms with Gasteiger partial charge in [0.15, 0.2) is 5.58 Å². The second-order valence-corrected chi connectivity index (χ2v) is 4.54. The third kappa shape index (κ3) is 2.84. The van der Waals surface area contributed by atoms with Gasteiger partial charge in [-0.2, -0.15) is 0 Å². The molecule has 21 heavy (non-hydrogen) atoms. The largest absolute Gasteiger partial charge is 0.417 e. The van der Waals surface area contributed by atoms with Crippen LogP contribution >= 0.6 is 0 Å². The van der Waals surface area contributed by atoms with E-state index in [4.69, 9.17) is 4.42 Å². The molecular weight excluding hydrogens is 275 g/mol. The Balaban J connectivity index is 1.80. The highest BCUT2D eigenvalue weighted by Gasteiger charge is 2.10. The van der Waals surface area contributed by atoms with Gasteiger partial charge in [-0.15, -0.1) is 0 Å². The predicted octanol–water partition coefficient (Wildman–Crippen LogP) is 2.44. The molecule has 0 radical (unpaired) electrons. The summed E-state index contributed by atoms with van der Waals surface area (Å²) >= 11 is 0. The number of carbonyl (C=O) groups is 1. The molecular formula is C15H11FN2O3. The SMILES string of the molecule is O=C(Cc1ccc(F)cc1)Nc1cccc2oc(=O)[nH]c12. The van der Waals surface area contributed by atoms with Gasteiger partial charge in [0.1, 0.15) is 11.3 Å². The van der Waals surface area contributed by atoms with Crippen molar-refractivity contribution in [3.8, 4) is 0 Å². The summed E-state index contributed by atoms with van der Waals surface area (Å²) in [5, 5.41) is 2.70. The molecule has 0 aliphatic carbocycles. The van der Waals surface area contributed by atoms with Crippen molar-refractivity contribution in [2.75, 3.05) is 5.32 Å². The summed E-state index contributed by atoms with van der Waals surface area (Å²) < 4.78 is 17.7. The standard InChI is InChI=1S/C15H11FN2O3/c16-10-6-4-9(5-7-10)8-13(19)17-11-2-1-3-12-14(11)18-15(20)21-12/h1-7H,8H2,(H,17,19)(H,18,20). The van der Waals surface area contributed by atoms with Crippen molar-refractivity contribution in [3.63, 3.8) is 0 Å². The van der Waals surface area contributed by atoms with Crippen LogP contribution in [-0.2, 0) is 11.2 Å². The number of H-pyrrole nitrogens is 1. The van der Waals surface area contributed by atoms with Crippen LogP contribution in [0.1, 0.15) is 5.56 Å². The Morgan fingerprint density at radius 3 is 2.71 bits per heavy atom. The van der Waals surface area contributed by atoms with E-state index in [1.165, 1.54) is 12.1 Å². The number of rotatable bonds is 3. The van der Waals surface area contributed by atoms with E-state index in [2.05, 4.69) is 10.3 Å². The molecule has 0 atom stereocenters. The lowest BCUT2D eigenvalue weighted by molar-refractivity contribution is -0.115. The maximum atomic E-state index is 12.8. The van der Waals surface area contributed by atoms with Gasteiger partial charge in [0.25, 0.3) is 0 Å². The lowest BCUT2D eigenvalue weighted by Gasteiger charge is -2.05. The van der Waals surface area contributed by atoms with Crippen LogP contribution in [0.25, 0.3) is 11.1 Å². The Bertz CT molecular complexity index is 849. The molecule has 1 amide bonds. The highest BCUT2D eigenvalue weighted by Crippen LogP contribution is 2.20. The molecule has 0 spiro atoms. The minimum atomic E-state index is -0.578. The Hall–Kier alpha value is -2.89. The summed E-state index contributed by atoms with van der Waals surface area (Å²) in [5.41, 5.74) is 1.97. The smallest absolute Gasteiger partial charge is 0.408 e. The Morgan fingerprint density at radius 2 is 1.95 bits per heavy atom. The quantitative estimate of drug-likeness (QED) is 0.776. The van der Waals surface area contributed by atoms with E-state index < -0.39 is 5.76 Å². The number of carbonyl (C=O) groups excluding carboxylic acids is 1. The molecule has 3 aromatic rings. The molecule has 0 aliphatic rings. The number of halogens is 1. The molecule has 2 aromatic carbocycles. The molecule has 0 unspecified atom stereocenters. The summed E-state index contributed by atoms with van der Waals surface area (Å²) in [5.74, 6) is -1.19. The third-order valence-electron chi connectivity index (χ3n) is 3.01. The molecule has 0 aliphatic heterocycles. The van der Waals surface area contributed by atoms with Gasteiger partial charge in [0.05, 0.1) is 12.1 Å². The van der Waals surface area contributed by atoms with Crippen molar-refractivity contribution in [1.29, 1.82) is 0 Å². The van der Waals surface area contributed by atoms with Crippen LogP contribution in [0.2, 0.25) is 0 Å². The van der Waals surface area contributed by atoms with Gasteiger partial charge < -0.3 is 9.73 Å². The summed E-state index contributed by atoms with van der Waals surface area (Å²) in [4.78, 5) is 25.7. The van der Waals surface area contributed by atoms with Gasteiger partial charge in [0, 0.05) is 0 Å². The number of oxazole rings is 1. The first kappa shape index (κ1) is 13.1. The third-order valence-corrected chi connectivity index (χ3v) is 3.01. The molecule has 6 heteroatoms. The van der Waals surface area contributed by atoms with Crippen LogP contribution in [-0.4, -0.2) is 10.9 Å². The fraction of sp³-hybridized carbons (Fsp3) is 0.0667. The fourth-order valence-electron chi connectivity index (χ4n) is 2.06. The maximum absolute atomic E-state index is 12.8. The topological polar surface area (TPSA) is 75.1 Å². The lowest BCUT2D eigenvalue weighted by atomic mass is 10.1. The van der Waals surface area contributed by atoms with Crippen molar-refractivity contribution in [3.05, 3.63) is 64.4 Å². The highest BCUT2D eigenvalue weighted by atomic mass is 19.1. The maximum Gasteiger partial charge on any atom is 0.417 e. The van der Waals surface area contributed by atoms with Crippen molar-refractivity contribution < 1.29 is 13.6 Å². The zero-order valence-electron chi connectivity index (χ0n) is 10.9. The van der Waals surface area contributed by atoms with E-state index in [1.54, 1.807) is 30.3 Å². The number of anilines is 1. The number of amides is 1. The molecule has 0 saturated heterocycles. The van der Waals surface area contributed by atoms with Crippen LogP contribution in [0.3, 0.4) is 0 Å². The number of aromatic nitrogens is 1. The van der Waals surface area contributed by atoms with Gasteiger partial charge >= 0.3 is 5.76 Å². The Labute approximate surface area is 118 Å². The number of hydrogen-bond donors (Lipinski definition) is 2. The molecule has 0 saturated carbocycles. The Kier molecular flexibility index (Phi) is 3.27. The van der Waals surface area contributed by atoms with Crippen LogP contribution in [0, 0.1) is 5.82 Å². The number of aromatic amines is 1. The van der Waals surface area contributed by atoms with Crippen LogP contribution < -0.4 is 11.1 Å². The van der Waals surface area contributed by atoms with E-state index in [-0.39, 0.29) is 18.1 Å². The molecule has 1 heterocycles. The molecule has 0 fully saturated rings. The number of fused-ring (bicyclic) bond motifs is 1. The predicted molar refractivity (Wildman–Crippen MR) is 75.6 cm³/mol. The minimum absolute atomic E-state index is 0.110. The molecule has 106 valence electrons. The average Bonchev–Trinajstić information content (AvgIpc) is 2.83. The van der Waals surface area contributed by atoms with Gasteiger partial charge in [-0.25, -0.2) is 9.18 Å². The molecule has 3 rings (SSSR count). The van der Waals surface area contributed by atoms with Crippen molar-refractivity contribution in [2.45, 2.75) is 6.42 Å². The molecule has 2 N–H and O–H groups in total. The van der Waals surface area contributed by atoms with Crippen molar-refractivity contribution in [2.24, 2.45) is 0 Å².